The number of amidine groups is 1. The fraction of sp³-hybridized carbons (Fsp3) is 0.348. The zero-order valence-electron chi connectivity index (χ0n) is 18.2. The van der Waals surface area contributed by atoms with Gasteiger partial charge < -0.3 is 15.2 Å². The van der Waals surface area contributed by atoms with Crippen molar-refractivity contribution in [2.45, 2.75) is 32.6 Å². The zero-order valence-corrected chi connectivity index (χ0v) is 19.1. The molecule has 2 N–H and O–H groups in total. The van der Waals surface area contributed by atoms with Gasteiger partial charge in [-0.1, -0.05) is 36.4 Å². The molecule has 8 heteroatoms. The van der Waals surface area contributed by atoms with Crippen LogP contribution in [0.1, 0.15) is 19.4 Å². The Labute approximate surface area is 182 Å². The summed E-state index contributed by atoms with van der Waals surface area (Å²) in [7, 11) is -2.36. The number of benzene rings is 2. The second kappa shape index (κ2) is 10.7. The van der Waals surface area contributed by atoms with Crippen molar-refractivity contribution in [3.8, 4) is 0 Å². The van der Waals surface area contributed by atoms with Gasteiger partial charge >= 0.3 is 6.18 Å². The van der Waals surface area contributed by atoms with Gasteiger partial charge in [-0.2, -0.15) is 13.2 Å². The van der Waals surface area contributed by atoms with Crippen molar-refractivity contribution in [3.63, 3.8) is 0 Å². The maximum Gasteiger partial charge on any atom is 0.419 e. The standard InChI is InChI=1S/C23H29F3N3OP/c1-5-21(23(24,25)26)22(27-16-15-18-9-7-6-8-10-18)29-17(2)28-19-11-13-20(14-12-19)31(3,4)30/h5-14,17,28H,15-16H2,1-4H3,(H,27,29)/b21-5+. The molecule has 2 aromatic carbocycles. The molecule has 0 aliphatic rings. The van der Waals surface area contributed by atoms with E-state index in [9.17, 15) is 17.7 Å². The molecule has 4 nitrogen and oxygen atoms in total. The number of nitrogens with one attached hydrogen (secondary N) is 2. The van der Waals surface area contributed by atoms with E-state index in [1.165, 1.54) is 6.92 Å². The summed E-state index contributed by atoms with van der Waals surface area (Å²) < 4.78 is 52.7. The smallest absolute Gasteiger partial charge is 0.366 e. The van der Waals surface area contributed by atoms with Crippen LogP contribution in [0.25, 0.3) is 0 Å². The van der Waals surface area contributed by atoms with Gasteiger partial charge in [-0.05, 0) is 63.4 Å². The number of aliphatic imine (C=N–C) groups is 1. The number of rotatable bonds is 8. The summed E-state index contributed by atoms with van der Waals surface area (Å²) in [5.41, 5.74) is 0.910. The fourth-order valence-electron chi connectivity index (χ4n) is 2.99. The van der Waals surface area contributed by atoms with E-state index < -0.39 is 25.1 Å². The lowest BCUT2D eigenvalue weighted by Crippen LogP contribution is -2.42. The maximum absolute atomic E-state index is 13.5. The number of allylic oxidation sites excluding steroid dienone is 1. The van der Waals surface area contributed by atoms with Crippen LogP contribution in [0.4, 0.5) is 18.9 Å². The largest absolute Gasteiger partial charge is 0.419 e. The van der Waals surface area contributed by atoms with Gasteiger partial charge in [-0.15, -0.1) is 0 Å². The minimum Gasteiger partial charge on any atom is -0.366 e. The Kier molecular flexibility index (Phi) is 8.52. The lowest BCUT2D eigenvalue weighted by Gasteiger charge is -2.22. The molecule has 0 spiro atoms. The number of anilines is 1. The van der Waals surface area contributed by atoms with E-state index in [4.69, 9.17) is 0 Å². The first-order chi connectivity index (χ1) is 14.5. The lowest BCUT2D eigenvalue weighted by molar-refractivity contribution is -0.0865. The van der Waals surface area contributed by atoms with Crippen LogP contribution >= 0.6 is 7.14 Å². The van der Waals surface area contributed by atoms with Crippen molar-refractivity contribution in [3.05, 3.63) is 71.8 Å². The molecular formula is C23H29F3N3OP. The van der Waals surface area contributed by atoms with Crippen LogP contribution in [-0.2, 0) is 11.0 Å². The molecule has 1 unspecified atom stereocenters. The molecule has 0 aromatic heterocycles. The first-order valence-corrected chi connectivity index (χ1v) is 12.6. The molecule has 0 heterocycles. The van der Waals surface area contributed by atoms with Crippen LogP contribution in [0.2, 0.25) is 0 Å². The summed E-state index contributed by atoms with van der Waals surface area (Å²) in [4.78, 5) is 4.23. The van der Waals surface area contributed by atoms with E-state index in [1.54, 1.807) is 44.5 Å². The van der Waals surface area contributed by atoms with Crippen LogP contribution in [0, 0.1) is 0 Å². The van der Waals surface area contributed by atoms with Crippen LogP contribution in [-0.4, -0.2) is 38.1 Å². The van der Waals surface area contributed by atoms with Crippen LogP contribution in [0.3, 0.4) is 0 Å². The summed E-state index contributed by atoms with van der Waals surface area (Å²) in [6, 6.07) is 16.6. The molecule has 0 radical (unpaired) electrons. The second-order valence-corrected chi connectivity index (χ2v) is 10.8. The first kappa shape index (κ1) is 24.7. The molecule has 2 aromatic rings. The van der Waals surface area contributed by atoms with Gasteiger partial charge in [0, 0.05) is 17.5 Å². The SMILES string of the molecule is C/C=C(\C(=NCCc1ccccc1)NC(C)Nc1ccc(P(C)(C)=O)cc1)C(F)(F)F. The molecule has 0 aliphatic heterocycles. The normalized spacial score (nSPS) is 14.3. The summed E-state index contributed by atoms with van der Waals surface area (Å²) in [5.74, 6) is -0.200. The second-order valence-electron chi connectivity index (χ2n) is 7.57. The summed E-state index contributed by atoms with van der Waals surface area (Å²) in [6.07, 6.45) is -3.47. The molecule has 0 bridgehead atoms. The molecule has 0 aliphatic carbocycles. The van der Waals surface area contributed by atoms with Gasteiger partial charge in [0.15, 0.2) is 0 Å². The highest BCUT2D eigenvalue weighted by molar-refractivity contribution is 7.70. The van der Waals surface area contributed by atoms with Crippen molar-refractivity contribution in [1.82, 2.24) is 5.32 Å². The van der Waals surface area contributed by atoms with Gasteiger partial charge in [0.2, 0.25) is 0 Å². The highest BCUT2D eigenvalue weighted by Crippen LogP contribution is 2.34. The van der Waals surface area contributed by atoms with Crippen LogP contribution < -0.4 is 15.9 Å². The van der Waals surface area contributed by atoms with Crippen molar-refractivity contribution in [2.75, 3.05) is 25.2 Å². The van der Waals surface area contributed by atoms with Gasteiger partial charge in [-0.3, -0.25) is 4.99 Å². The predicted octanol–water partition coefficient (Wildman–Crippen LogP) is 5.43. The summed E-state index contributed by atoms with van der Waals surface area (Å²) in [5, 5.41) is 6.71. The number of hydrogen-bond acceptors (Lipinski definition) is 3. The van der Waals surface area contributed by atoms with Crippen LogP contribution in [0.15, 0.2) is 71.2 Å². The first-order valence-electron chi connectivity index (χ1n) is 10.0. The van der Waals surface area contributed by atoms with Gasteiger partial charge in [0.25, 0.3) is 0 Å². The monoisotopic (exact) mass is 451 g/mol. The minimum absolute atomic E-state index is 0.200. The predicted molar refractivity (Wildman–Crippen MR) is 124 cm³/mol. The molecule has 0 amide bonds. The van der Waals surface area contributed by atoms with E-state index in [2.05, 4.69) is 15.6 Å². The Morgan fingerprint density at radius 2 is 1.71 bits per heavy atom. The topological polar surface area (TPSA) is 53.5 Å². The third-order valence-electron chi connectivity index (χ3n) is 4.59. The quantitative estimate of drug-likeness (QED) is 0.244. The number of halogens is 3. The third-order valence-corrected chi connectivity index (χ3v) is 6.13. The van der Waals surface area contributed by atoms with E-state index in [0.717, 1.165) is 16.9 Å². The molecule has 2 rings (SSSR count). The zero-order chi connectivity index (χ0) is 23.1. The molecule has 0 saturated carbocycles. The van der Waals surface area contributed by atoms with Crippen molar-refractivity contribution >= 4 is 24.0 Å². The van der Waals surface area contributed by atoms with Crippen LogP contribution in [0.5, 0.6) is 0 Å². The van der Waals surface area contributed by atoms with Crippen molar-refractivity contribution in [2.24, 2.45) is 4.99 Å². The molecule has 31 heavy (non-hydrogen) atoms. The average Bonchev–Trinajstić information content (AvgIpc) is 2.67. The Balaban J connectivity index is 2.13. The Hall–Kier alpha value is -2.53. The Bertz CT molecular complexity index is 948. The summed E-state index contributed by atoms with van der Waals surface area (Å²) in [6.45, 7) is 6.67. The molecule has 0 saturated heterocycles. The lowest BCUT2D eigenvalue weighted by atomic mass is 10.1. The van der Waals surface area contributed by atoms with E-state index in [0.29, 0.717) is 12.1 Å². The minimum atomic E-state index is -4.52. The number of hydrogen-bond donors (Lipinski definition) is 2. The molecular weight excluding hydrogens is 422 g/mol. The fourth-order valence-corrected chi connectivity index (χ4v) is 3.86. The third kappa shape index (κ3) is 7.91. The van der Waals surface area contributed by atoms with Gasteiger partial charge in [0.1, 0.15) is 13.0 Å². The maximum atomic E-state index is 13.5. The number of nitrogens with zero attached hydrogens (tertiary/aromatic N) is 1. The highest BCUT2D eigenvalue weighted by atomic mass is 31.2. The highest BCUT2D eigenvalue weighted by Gasteiger charge is 2.36. The Morgan fingerprint density at radius 3 is 2.23 bits per heavy atom. The van der Waals surface area contributed by atoms with Crippen molar-refractivity contribution in [1.29, 1.82) is 0 Å². The van der Waals surface area contributed by atoms with E-state index in [-0.39, 0.29) is 12.4 Å². The van der Waals surface area contributed by atoms with Gasteiger partial charge in [-0.25, -0.2) is 0 Å². The van der Waals surface area contributed by atoms with Crippen molar-refractivity contribution < 1.29 is 17.7 Å². The van der Waals surface area contributed by atoms with E-state index >= 15 is 0 Å². The van der Waals surface area contributed by atoms with Gasteiger partial charge in [0.05, 0.1) is 11.7 Å². The number of alkyl halides is 3. The molecule has 168 valence electrons. The Morgan fingerprint density at radius 1 is 1.10 bits per heavy atom. The average molecular weight is 451 g/mol. The molecule has 0 fully saturated rings. The summed E-state index contributed by atoms with van der Waals surface area (Å²) >= 11 is 0. The molecule has 1 atom stereocenters. The van der Waals surface area contributed by atoms with E-state index in [1.807, 2.05) is 30.3 Å².